The highest BCUT2D eigenvalue weighted by Crippen LogP contribution is 2.18. The topological polar surface area (TPSA) is 32.3 Å². The van der Waals surface area contributed by atoms with Gasteiger partial charge in [0.15, 0.2) is 0 Å². The maximum absolute atomic E-state index is 9.72. The normalized spacial score (nSPS) is 18.8. The molecule has 0 aliphatic rings. The van der Waals surface area contributed by atoms with Crippen molar-refractivity contribution in [1.29, 1.82) is 0 Å². The zero-order valence-electron chi connectivity index (χ0n) is 8.85. The highest BCUT2D eigenvalue weighted by atomic mass is 16.3. The predicted molar refractivity (Wildman–Crippen MR) is 53.2 cm³/mol. The van der Waals surface area contributed by atoms with Crippen molar-refractivity contribution in [2.24, 2.45) is 5.92 Å². The van der Waals surface area contributed by atoms with E-state index < -0.39 is 5.60 Å². The second-order valence-corrected chi connectivity index (χ2v) is 4.05. The van der Waals surface area contributed by atoms with Gasteiger partial charge in [0, 0.05) is 0 Å². The van der Waals surface area contributed by atoms with Crippen LogP contribution in [0.1, 0.15) is 40.0 Å². The summed E-state index contributed by atoms with van der Waals surface area (Å²) in [6.45, 7) is 7.20. The Balaban J connectivity index is 3.52. The Kier molecular flexibility index (Phi) is 5.51. The van der Waals surface area contributed by atoms with Gasteiger partial charge < -0.3 is 10.4 Å². The molecule has 0 bridgehead atoms. The summed E-state index contributed by atoms with van der Waals surface area (Å²) >= 11 is 0. The van der Waals surface area contributed by atoms with Gasteiger partial charge in [-0.05, 0) is 45.7 Å². The van der Waals surface area contributed by atoms with E-state index in [1.807, 2.05) is 20.9 Å². The molecule has 2 N–H and O–H groups in total. The molecule has 0 amide bonds. The molecule has 12 heavy (non-hydrogen) atoms. The predicted octanol–water partition coefficient (Wildman–Crippen LogP) is 1.78. The van der Waals surface area contributed by atoms with Crippen LogP contribution < -0.4 is 5.32 Å². The molecule has 0 rings (SSSR count). The fourth-order valence-corrected chi connectivity index (χ4v) is 1.18. The number of nitrogens with one attached hydrogen (secondary N) is 1. The van der Waals surface area contributed by atoms with Gasteiger partial charge in [0.05, 0.1) is 5.60 Å². The summed E-state index contributed by atoms with van der Waals surface area (Å²) in [5.41, 5.74) is -0.456. The minimum absolute atomic E-state index is 0.456. The van der Waals surface area contributed by atoms with Crippen molar-refractivity contribution in [3.63, 3.8) is 0 Å². The van der Waals surface area contributed by atoms with Gasteiger partial charge in [-0.2, -0.15) is 0 Å². The summed E-state index contributed by atoms with van der Waals surface area (Å²) in [7, 11) is 1.97. The lowest BCUT2D eigenvalue weighted by molar-refractivity contribution is 0.0410. The molecule has 0 aromatic heterocycles. The van der Waals surface area contributed by atoms with Gasteiger partial charge in [0.25, 0.3) is 0 Å². The fourth-order valence-electron chi connectivity index (χ4n) is 1.18. The molecule has 2 heteroatoms. The third kappa shape index (κ3) is 5.56. The third-order valence-corrected chi connectivity index (χ3v) is 2.49. The molecule has 0 saturated carbocycles. The van der Waals surface area contributed by atoms with E-state index in [9.17, 15) is 5.11 Å². The zero-order chi connectivity index (χ0) is 9.61. The van der Waals surface area contributed by atoms with Crippen LogP contribution in [0.3, 0.4) is 0 Å². The third-order valence-electron chi connectivity index (χ3n) is 2.49. The monoisotopic (exact) mass is 173 g/mol. The second-order valence-electron chi connectivity index (χ2n) is 4.05. The summed E-state index contributed by atoms with van der Waals surface area (Å²) in [6.07, 6.45) is 2.85. The molecular weight excluding hydrogens is 150 g/mol. The lowest BCUT2D eigenvalue weighted by atomic mass is 9.92. The molecule has 2 unspecified atom stereocenters. The van der Waals surface area contributed by atoms with E-state index in [-0.39, 0.29) is 0 Å². The molecule has 0 aromatic rings. The molecule has 2 nitrogen and oxygen atoms in total. The van der Waals surface area contributed by atoms with Crippen molar-refractivity contribution < 1.29 is 5.11 Å². The molecule has 0 aliphatic carbocycles. The molecule has 0 aromatic carbocycles. The Hall–Kier alpha value is -0.0800. The number of rotatable bonds is 6. The fraction of sp³-hybridized carbons (Fsp3) is 1.00. The summed E-state index contributed by atoms with van der Waals surface area (Å²) in [5.74, 6) is 0.660. The van der Waals surface area contributed by atoms with Crippen molar-refractivity contribution in [3.8, 4) is 0 Å². The van der Waals surface area contributed by atoms with Crippen LogP contribution in [0.2, 0.25) is 0 Å². The van der Waals surface area contributed by atoms with Crippen LogP contribution in [0.4, 0.5) is 0 Å². The Morgan fingerprint density at radius 2 is 2.08 bits per heavy atom. The summed E-state index contributed by atoms with van der Waals surface area (Å²) < 4.78 is 0. The molecular formula is C10H23NO. The van der Waals surface area contributed by atoms with Crippen molar-refractivity contribution in [1.82, 2.24) is 5.32 Å². The lowest BCUT2D eigenvalue weighted by Gasteiger charge is -2.23. The van der Waals surface area contributed by atoms with E-state index in [2.05, 4.69) is 12.2 Å². The summed E-state index contributed by atoms with van der Waals surface area (Å²) in [6, 6.07) is 0. The van der Waals surface area contributed by atoms with Crippen LogP contribution in [0.25, 0.3) is 0 Å². The molecule has 0 saturated heterocycles. The quantitative estimate of drug-likeness (QED) is 0.642. The maximum atomic E-state index is 9.72. The van der Waals surface area contributed by atoms with E-state index in [1.54, 1.807) is 0 Å². The number of aliphatic hydroxyl groups is 1. The smallest absolute Gasteiger partial charge is 0.0617 e. The molecule has 2 atom stereocenters. The van der Waals surface area contributed by atoms with Gasteiger partial charge in [-0.25, -0.2) is 0 Å². The van der Waals surface area contributed by atoms with Crippen LogP contribution in [-0.2, 0) is 0 Å². The van der Waals surface area contributed by atoms with Gasteiger partial charge in [0.1, 0.15) is 0 Å². The van der Waals surface area contributed by atoms with Gasteiger partial charge in [-0.15, -0.1) is 0 Å². The van der Waals surface area contributed by atoms with Crippen molar-refractivity contribution in [3.05, 3.63) is 0 Å². The van der Waals surface area contributed by atoms with Crippen molar-refractivity contribution >= 4 is 0 Å². The van der Waals surface area contributed by atoms with Crippen LogP contribution in [0, 0.1) is 5.92 Å². The standard InChI is InChI=1S/C10H23NO/c1-5-10(3,12)7-6-9(2)8-11-4/h9,11-12H,5-8H2,1-4H3. The molecule has 0 fully saturated rings. The van der Waals surface area contributed by atoms with E-state index in [0.29, 0.717) is 5.92 Å². The average Bonchev–Trinajstić information content (AvgIpc) is 2.02. The Morgan fingerprint density at radius 3 is 2.50 bits per heavy atom. The first-order chi connectivity index (χ1) is 5.52. The minimum atomic E-state index is -0.456. The Labute approximate surface area is 76.4 Å². The largest absolute Gasteiger partial charge is 0.390 e. The Bertz CT molecular complexity index is 112. The highest BCUT2D eigenvalue weighted by Gasteiger charge is 2.17. The number of hydrogen-bond acceptors (Lipinski definition) is 2. The summed E-state index contributed by atoms with van der Waals surface area (Å²) in [4.78, 5) is 0. The van der Waals surface area contributed by atoms with Crippen LogP contribution in [0.5, 0.6) is 0 Å². The van der Waals surface area contributed by atoms with E-state index in [4.69, 9.17) is 0 Å². The summed E-state index contributed by atoms with van der Waals surface area (Å²) in [5, 5.41) is 12.9. The van der Waals surface area contributed by atoms with Crippen LogP contribution in [-0.4, -0.2) is 24.3 Å². The van der Waals surface area contributed by atoms with Gasteiger partial charge in [-0.1, -0.05) is 13.8 Å². The lowest BCUT2D eigenvalue weighted by Crippen LogP contribution is -2.25. The SMILES string of the molecule is CCC(C)(O)CCC(C)CNC. The first-order valence-electron chi connectivity index (χ1n) is 4.89. The van der Waals surface area contributed by atoms with E-state index in [1.165, 1.54) is 0 Å². The van der Waals surface area contributed by atoms with Gasteiger partial charge in [0.2, 0.25) is 0 Å². The van der Waals surface area contributed by atoms with Crippen molar-refractivity contribution in [2.45, 2.75) is 45.6 Å². The van der Waals surface area contributed by atoms with Crippen LogP contribution >= 0.6 is 0 Å². The minimum Gasteiger partial charge on any atom is -0.390 e. The van der Waals surface area contributed by atoms with E-state index in [0.717, 1.165) is 25.8 Å². The first-order valence-corrected chi connectivity index (χ1v) is 4.89. The Morgan fingerprint density at radius 1 is 1.50 bits per heavy atom. The first kappa shape index (κ1) is 11.9. The molecule has 0 aliphatic heterocycles. The molecule has 0 heterocycles. The average molecular weight is 173 g/mol. The maximum Gasteiger partial charge on any atom is 0.0617 e. The van der Waals surface area contributed by atoms with E-state index >= 15 is 0 Å². The number of hydrogen-bond donors (Lipinski definition) is 2. The molecule has 74 valence electrons. The van der Waals surface area contributed by atoms with Gasteiger partial charge in [-0.3, -0.25) is 0 Å². The molecule has 0 spiro atoms. The highest BCUT2D eigenvalue weighted by molar-refractivity contribution is 4.71. The van der Waals surface area contributed by atoms with Gasteiger partial charge >= 0.3 is 0 Å². The second kappa shape index (κ2) is 5.55. The zero-order valence-corrected chi connectivity index (χ0v) is 8.85. The van der Waals surface area contributed by atoms with Crippen LogP contribution in [0.15, 0.2) is 0 Å². The van der Waals surface area contributed by atoms with Crippen molar-refractivity contribution in [2.75, 3.05) is 13.6 Å². The molecule has 0 radical (unpaired) electrons.